The van der Waals surface area contributed by atoms with Gasteiger partial charge in [0.05, 0.1) is 21.0 Å². The normalized spacial score (nSPS) is 12.0. The van der Waals surface area contributed by atoms with Crippen molar-refractivity contribution in [1.29, 1.82) is 0 Å². The smallest absolute Gasteiger partial charge is 0.268 e. The molecule has 2 aromatic carbocycles. The molecule has 0 saturated carbocycles. The van der Waals surface area contributed by atoms with Crippen molar-refractivity contribution in [1.82, 2.24) is 9.97 Å². The zero-order chi connectivity index (χ0) is 25.5. The predicted octanol–water partition coefficient (Wildman–Crippen LogP) is 5.43. The minimum absolute atomic E-state index is 0.0107. The highest BCUT2D eigenvalue weighted by molar-refractivity contribution is 7.91. The lowest BCUT2D eigenvalue weighted by Gasteiger charge is -2.24. The van der Waals surface area contributed by atoms with Gasteiger partial charge in [-0.3, -0.25) is 14.6 Å². The van der Waals surface area contributed by atoms with E-state index in [1.54, 1.807) is 50.4 Å². The van der Waals surface area contributed by atoms with Crippen LogP contribution in [0.3, 0.4) is 0 Å². The van der Waals surface area contributed by atoms with Crippen molar-refractivity contribution in [3.05, 3.63) is 92.5 Å². The van der Waals surface area contributed by atoms with Crippen molar-refractivity contribution < 1.29 is 13.2 Å². The van der Waals surface area contributed by atoms with Gasteiger partial charge in [-0.05, 0) is 55.3 Å². The van der Waals surface area contributed by atoms with Crippen LogP contribution in [0.2, 0.25) is 10.0 Å². The summed E-state index contributed by atoms with van der Waals surface area (Å²) in [6, 6.07) is 14.0. The molecule has 0 aliphatic heterocycles. The molecule has 0 bridgehead atoms. The van der Waals surface area contributed by atoms with E-state index >= 15 is 0 Å². The zero-order valence-electron chi connectivity index (χ0n) is 19.0. The second-order valence-corrected chi connectivity index (χ2v) is 11.9. The summed E-state index contributed by atoms with van der Waals surface area (Å²) in [5.41, 5.74) is 2.32. The second-order valence-electron chi connectivity index (χ2n) is 8.57. The number of aromatic nitrogens is 2. The molecular formula is C25H21Cl2N3O4S. The number of nitrogens with zero attached hydrogens (tertiary/aromatic N) is 1. The van der Waals surface area contributed by atoms with Crippen LogP contribution < -0.4 is 10.9 Å². The first kappa shape index (κ1) is 24.9. The Bertz CT molecular complexity index is 1650. The molecule has 10 heteroatoms. The van der Waals surface area contributed by atoms with Crippen LogP contribution in [0.1, 0.15) is 29.8 Å². The van der Waals surface area contributed by atoms with Crippen LogP contribution in [0.25, 0.3) is 22.0 Å². The Morgan fingerprint density at radius 2 is 1.83 bits per heavy atom. The van der Waals surface area contributed by atoms with Gasteiger partial charge in [-0.25, -0.2) is 8.42 Å². The van der Waals surface area contributed by atoms with Crippen LogP contribution in [0.4, 0.5) is 5.69 Å². The van der Waals surface area contributed by atoms with Gasteiger partial charge in [0.1, 0.15) is 5.02 Å². The molecule has 35 heavy (non-hydrogen) atoms. The van der Waals surface area contributed by atoms with E-state index in [4.69, 9.17) is 23.2 Å². The van der Waals surface area contributed by atoms with Gasteiger partial charge in [0.2, 0.25) is 0 Å². The quantitative estimate of drug-likeness (QED) is 0.358. The van der Waals surface area contributed by atoms with Crippen LogP contribution in [-0.4, -0.2) is 30.5 Å². The molecule has 0 radical (unpaired) electrons. The predicted molar refractivity (Wildman–Crippen MR) is 140 cm³/mol. The maximum Gasteiger partial charge on any atom is 0.268 e. The third-order valence-corrected chi connectivity index (χ3v) is 8.74. The van der Waals surface area contributed by atoms with Gasteiger partial charge in [0, 0.05) is 35.2 Å². The molecule has 2 heterocycles. The fourth-order valence-electron chi connectivity index (χ4n) is 3.59. The number of carbonyl (C=O) groups is 1. The highest BCUT2D eigenvalue weighted by Crippen LogP contribution is 2.36. The van der Waals surface area contributed by atoms with Gasteiger partial charge >= 0.3 is 0 Å². The van der Waals surface area contributed by atoms with E-state index in [-0.39, 0.29) is 21.3 Å². The number of amides is 1. The molecule has 180 valence electrons. The summed E-state index contributed by atoms with van der Waals surface area (Å²) in [4.78, 5) is 31.7. The fourth-order valence-corrected chi connectivity index (χ4v) is 4.58. The number of hydrogen-bond acceptors (Lipinski definition) is 5. The number of carbonyl (C=O) groups excluding carboxylic acids is 1. The van der Waals surface area contributed by atoms with Crippen LogP contribution in [0.5, 0.6) is 0 Å². The zero-order valence-corrected chi connectivity index (χ0v) is 21.3. The average molecular weight is 530 g/mol. The van der Waals surface area contributed by atoms with E-state index in [1.165, 1.54) is 12.5 Å². The number of halogens is 2. The van der Waals surface area contributed by atoms with Gasteiger partial charge in [0.15, 0.2) is 9.84 Å². The average Bonchev–Trinajstić information content (AvgIpc) is 2.82. The maximum atomic E-state index is 13.0. The van der Waals surface area contributed by atoms with Crippen molar-refractivity contribution in [2.75, 3.05) is 11.6 Å². The molecule has 1 amide bonds. The van der Waals surface area contributed by atoms with Crippen LogP contribution >= 0.6 is 23.2 Å². The number of sulfone groups is 1. The molecule has 0 fully saturated rings. The number of benzene rings is 2. The monoisotopic (exact) mass is 529 g/mol. The molecule has 0 aliphatic carbocycles. The molecule has 0 atom stereocenters. The molecule has 0 unspecified atom stereocenters. The third-order valence-electron chi connectivity index (χ3n) is 5.99. The first-order valence-electron chi connectivity index (χ1n) is 10.5. The van der Waals surface area contributed by atoms with Crippen molar-refractivity contribution in [3.63, 3.8) is 0 Å². The molecule has 2 N–H and O–H groups in total. The number of H-pyrrole nitrogens is 1. The third kappa shape index (κ3) is 4.69. The molecule has 7 nitrogen and oxygen atoms in total. The number of hydrogen-bond donors (Lipinski definition) is 2. The number of pyridine rings is 2. The lowest BCUT2D eigenvalue weighted by Crippen LogP contribution is -2.28. The van der Waals surface area contributed by atoms with Gasteiger partial charge in [-0.2, -0.15) is 0 Å². The van der Waals surface area contributed by atoms with Crippen molar-refractivity contribution in [3.8, 4) is 11.1 Å². The molecule has 2 aromatic heterocycles. The Labute approximate surface area is 212 Å². The summed E-state index contributed by atoms with van der Waals surface area (Å²) < 4.78 is 23.9. The minimum atomic E-state index is -3.43. The standard InChI is InChI=1S/C25H21Cl2N3O4S/c1-25(2,35(3,33)34)17-11-15-8-5-9-28-21(15)18(12-17)14-6-4-7-16(10-14)23(31)30-22-19(26)13-29-24(32)20(22)27/h4-13H,1-3H3,(H2,29,30,31,32). The van der Waals surface area contributed by atoms with E-state index < -0.39 is 26.1 Å². The number of rotatable bonds is 5. The van der Waals surface area contributed by atoms with Crippen molar-refractivity contribution in [2.45, 2.75) is 18.6 Å². The van der Waals surface area contributed by atoms with E-state index in [2.05, 4.69) is 15.3 Å². The summed E-state index contributed by atoms with van der Waals surface area (Å²) in [6.45, 7) is 3.31. The van der Waals surface area contributed by atoms with Crippen LogP contribution in [0, 0.1) is 0 Å². The molecular weight excluding hydrogens is 509 g/mol. The van der Waals surface area contributed by atoms with Crippen molar-refractivity contribution in [2.24, 2.45) is 0 Å². The largest absolute Gasteiger partial charge is 0.326 e. The maximum absolute atomic E-state index is 13.0. The molecule has 0 aliphatic rings. The first-order chi connectivity index (χ1) is 16.4. The van der Waals surface area contributed by atoms with E-state index in [0.29, 0.717) is 22.2 Å². The fraction of sp³-hybridized carbons (Fsp3) is 0.160. The van der Waals surface area contributed by atoms with Gasteiger partial charge in [-0.15, -0.1) is 0 Å². The Balaban J connectivity index is 1.83. The lowest BCUT2D eigenvalue weighted by atomic mass is 9.93. The highest BCUT2D eigenvalue weighted by atomic mass is 35.5. The summed E-state index contributed by atoms with van der Waals surface area (Å²) in [5, 5.41) is 3.22. The number of nitrogens with one attached hydrogen (secondary N) is 2. The number of anilines is 1. The topological polar surface area (TPSA) is 109 Å². The van der Waals surface area contributed by atoms with Crippen LogP contribution in [-0.2, 0) is 14.6 Å². The Morgan fingerprint density at radius 1 is 1.09 bits per heavy atom. The highest BCUT2D eigenvalue weighted by Gasteiger charge is 2.33. The summed E-state index contributed by atoms with van der Waals surface area (Å²) in [6.07, 6.45) is 4.10. The SMILES string of the molecule is CC(C)(c1cc(-c2cccc(C(=O)Nc3c(Cl)c[nH]c(=O)c3Cl)c2)c2ncccc2c1)S(C)(=O)=O. The lowest BCUT2D eigenvalue weighted by molar-refractivity contribution is 0.102. The van der Waals surface area contributed by atoms with Crippen LogP contribution in [0.15, 0.2) is 65.7 Å². The number of aromatic amines is 1. The van der Waals surface area contributed by atoms with E-state index in [0.717, 1.165) is 5.39 Å². The minimum Gasteiger partial charge on any atom is -0.326 e. The summed E-state index contributed by atoms with van der Waals surface area (Å²) in [5.74, 6) is -0.522. The molecule has 0 spiro atoms. The summed E-state index contributed by atoms with van der Waals surface area (Å²) >= 11 is 12.1. The summed E-state index contributed by atoms with van der Waals surface area (Å²) in [7, 11) is -3.43. The van der Waals surface area contributed by atoms with Gasteiger partial charge in [-0.1, -0.05) is 41.4 Å². The van der Waals surface area contributed by atoms with E-state index in [1.807, 2.05) is 18.2 Å². The van der Waals surface area contributed by atoms with Crippen molar-refractivity contribution >= 4 is 55.5 Å². The molecule has 0 saturated heterocycles. The molecule has 4 aromatic rings. The Kier molecular flexibility index (Phi) is 6.48. The Morgan fingerprint density at radius 3 is 2.54 bits per heavy atom. The second kappa shape index (κ2) is 9.11. The van der Waals surface area contributed by atoms with E-state index in [9.17, 15) is 18.0 Å². The number of fused-ring (bicyclic) bond motifs is 1. The first-order valence-corrected chi connectivity index (χ1v) is 13.1. The molecule has 4 rings (SSSR count). The Hall–Kier alpha value is -3.20. The van der Waals surface area contributed by atoms with Gasteiger partial charge in [0.25, 0.3) is 11.5 Å². The van der Waals surface area contributed by atoms with Gasteiger partial charge < -0.3 is 10.3 Å².